The lowest BCUT2D eigenvalue weighted by Crippen LogP contribution is -2.03. The van der Waals surface area contributed by atoms with E-state index in [0.717, 1.165) is 12.0 Å². The Morgan fingerprint density at radius 3 is 2.18 bits per heavy atom. The van der Waals surface area contributed by atoms with E-state index in [1.807, 2.05) is 12.1 Å². The Kier molecular flexibility index (Phi) is 7.85. The van der Waals surface area contributed by atoms with Crippen LogP contribution < -0.4 is 9.47 Å². The largest absolute Gasteiger partial charge is 0.493 e. The predicted octanol–water partition coefficient (Wildman–Crippen LogP) is 3.60. The van der Waals surface area contributed by atoms with Crippen LogP contribution in [0.2, 0.25) is 0 Å². The summed E-state index contributed by atoms with van der Waals surface area (Å²) in [7, 11) is 1.56. The minimum Gasteiger partial charge on any atom is -0.493 e. The minimum atomic E-state index is -0.340. The number of benzene rings is 1. The molecule has 0 fully saturated rings. The van der Waals surface area contributed by atoms with Gasteiger partial charge in [-0.25, -0.2) is 0 Å². The van der Waals surface area contributed by atoms with Crippen LogP contribution in [0.3, 0.4) is 0 Å². The zero-order valence-electron chi connectivity index (χ0n) is 11.4. The van der Waals surface area contributed by atoms with E-state index in [0.29, 0.717) is 11.5 Å². The van der Waals surface area contributed by atoms with Crippen LogP contribution >= 0.6 is 0 Å². The maximum Gasteiger partial charge on any atom is 0.308 e. The summed E-state index contributed by atoms with van der Waals surface area (Å²) in [5.41, 5.74) is 1.15. The lowest BCUT2D eigenvalue weighted by Gasteiger charge is -2.08. The van der Waals surface area contributed by atoms with E-state index in [9.17, 15) is 4.79 Å². The third kappa shape index (κ3) is 5.95. The van der Waals surface area contributed by atoms with Gasteiger partial charge in [-0.15, -0.1) is 0 Å². The second kappa shape index (κ2) is 8.62. The molecule has 3 heteroatoms. The lowest BCUT2D eigenvalue weighted by molar-refractivity contribution is -0.132. The van der Waals surface area contributed by atoms with Gasteiger partial charge in [-0.2, -0.15) is 0 Å². The number of methoxy groups -OCH3 is 1. The topological polar surface area (TPSA) is 35.5 Å². The Labute approximate surface area is 104 Å². The van der Waals surface area contributed by atoms with Gasteiger partial charge < -0.3 is 9.47 Å². The van der Waals surface area contributed by atoms with Gasteiger partial charge in [0.05, 0.1) is 7.11 Å². The summed E-state index contributed by atoms with van der Waals surface area (Å²) in [6.45, 7) is 7.67. The van der Waals surface area contributed by atoms with Gasteiger partial charge >= 0.3 is 5.97 Å². The Morgan fingerprint density at radius 1 is 1.18 bits per heavy atom. The van der Waals surface area contributed by atoms with Gasteiger partial charge in [0, 0.05) is 6.92 Å². The first-order chi connectivity index (χ1) is 8.08. The summed E-state index contributed by atoms with van der Waals surface area (Å²) >= 11 is 0. The van der Waals surface area contributed by atoms with E-state index in [4.69, 9.17) is 9.47 Å². The van der Waals surface area contributed by atoms with Gasteiger partial charge in [-0.1, -0.05) is 33.3 Å². The number of aryl methyl sites for hydroxylation is 1. The molecule has 0 radical (unpaired) electrons. The molecule has 1 aromatic rings. The van der Waals surface area contributed by atoms with Gasteiger partial charge in [0.15, 0.2) is 11.5 Å². The Hall–Kier alpha value is -1.51. The van der Waals surface area contributed by atoms with Crippen LogP contribution in [0.1, 0.15) is 39.7 Å². The maximum absolute atomic E-state index is 10.8. The van der Waals surface area contributed by atoms with Crippen molar-refractivity contribution in [1.29, 1.82) is 0 Å². The molecule has 0 saturated carbocycles. The lowest BCUT2D eigenvalue weighted by atomic mass is 10.1. The molecule has 3 nitrogen and oxygen atoms in total. The van der Waals surface area contributed by atoms with Crippen molar-refractivity contribution in [2.24, 2.45) is 0 Å². The molecular formula is C14H22O3. The highest BCUT2D eigenvalue weighted by molar-refractivity contribution is 5.70. The van der Waals surface area contributed by atoms with Crippen LogP contribution in [0.15, 0.2) is 18.2 Å². The summed E-state index contributed by atoms with van der Waals surface area (Å²) in [5, 5.41) is 0. The molecule has 0 bridgehead atoms. The van der Waals surface area contributed by atoms with Crippen molar-refractivity contribution < 1.29 is 14.3 Å². The van der Waals surface area contributed by atoms with Crippen LogP contribution in [-0.4, -0.2) is 13.1 Å². The van der Waals surface area contributed by atoms with Gasteiger partial charge in [-0.3, -0.25) is 4.79 Å². The van der Waals surface area contributed by atoms with Gasteiger partial charge in [-0.05, 0) is 24.1 Å². The van der Waals surface area contributed by atoms with Crippen LogP contribution in [0.4, 0.5) is 0 Å². The Bertz CT molecular complexity index is 345. The smallest absolute Gasteiger partial charge is 0.308 e. The van der Waals surface area contributed by atoms with E-state index >= 15 is 0 Å². The summed E-state index contributed by atoms with van der Waals surface area (Å²) in [4.78, 5) is 10.8. The molecule has 1 rings (SSSR count). The van der Waals surface area contributed by atoms with Crippen LogP contribution in [0.5, 0.6) is 11.5 Å². The van der Waals surface area contributed by atoms with Crippen molar-refractivity contribution in [3.63, 3.8) is 0 Å². The highest BCUT2D eigenvalue weighted by Gasteiger charge is 2.06. The molecule has 0 amide bonds. The molecule has 96 valence electrons. The second-order valence-corrected chi connectivity index (χ2v) is 3.64. The molecule has 0 spiro atoms. The molecule has 17 heavy (non-hydrogen) atoms. The standard InChI is InChI=1S/C11H14O3.C3H8/c1-4-9-5-6-10(14-8(2)12)11(7-9)13-3;1-3-2/h5-7H,4H2,1-3H3;3H2,1-2H3. The number of ether oxygens (including phenoxy) is 2. The van der Waals surface area contributed by atoms with E-state index < -0.39 is 0 Å². The number of esters is 1. The molecule has 0 aromatic heterocycles. The minimum absolute atomic E-state index is 0.340. The Morgan fingerprint density at radius 2 is 1.76 bits per heavy atom. The van der Waals surface area contributed by atoms with E-state index in [-0.39, 0.29) is 5.97 Å². The fourth-order valence-corrected chi connectivity index (χ4v) is 1.17. The van der Waals surface area contributed by atoms with Gasteiger partial charge in [0.2, 0.25) is 0 Å². The molecule has 0 atom stereocenters. The van der Waals surface area contributed by atoms with Crippen molar-refractivity contribution in [1.82, 2.24) is 0 Å². The molecular weight excluding hydrogens is 216 g/mol. The fraction of sp³-hybridized carbons (Fsp3) is 0.500. The zero-order chi connectivity index (χ0) is 13.3. The highest BCUT2D eigenvalue weighted by atomic mass is 16.6. The third-order valence-electron chi connectivity index (χ3n) is 1.89. The number of carbonyl (C=O) groups excluding carboxylic acids is 1. The monoisotopic (exact) mass is 238 g/mol. The first kappa shape index (κ1) is 15.5. The number of carbonyl (C=O) groups is 1. The molecule has 1 aromatic carbocycles. The quantitative estimate of drug-likeness (QED) is 0.596. The van der Waals surface area contributed by atoms with Gasteiger partial charge in [0.25, 0.3) is 0 Å². The number of hydrogen-bond donors (Lipinski definition) is 0. The van der Waals surface area contributed by atoms with Gasteiger partial charge in [0.1, 0.15) is 0 Å². The average Bonchev–Trinajstić information content (AvgIpc) is 2.30. The van der Waals surface area contributed by atoms with E-state index in [1.165, 1.54) is 13.3 Å². The molecule has 0 aliphatic carbocycles. The maximum atomic E-state index is 10.8. The Balaban J connectivity index is 0.000000770. The zero-order valence-corrected chi connectivity index (χ0v) is 11.4. The molecule has 0 heterocycles. The molecule has 0 unspecified atom stereocenters. The van der Waals surface area contributed by atoms with Crippen molar-refractivity contribution in [3.05, 3.63) is 23.8 Å². The van der Waals surface area contributed by atoms with Crippen LogP contribution in [0, 0.1) is 0 Å². The van der Waals surface area contributed by atoms with Crippen molar-refractivity contribution in [2.75, 3.05) is 7.11 Å². The normalized spacial score (nSPS) is 9.00. The molecule has 0 saturated heterocycles. The van der Waals surface area contributed by atoms with Crippen LogP contribution in [0.25, 0.3) is 0 Å². The van der Waals surface area contributed by atoms with E-state index in [1.54, 1.807) is 13.2 Å². The first-order valence-electron chi connectivity index (χ1n) is 5.94. The summed E-state index contributed by atoms with van der Waals surface area (Å²) in [5.74, 6) is 0.726. The molecule has 0 N–H and O–H groups in total. The van der Waals surface area contributed by atoms with Crippen molar-refractivity contribution in [3.8, 4) is 11.5 Å². The average molecular weight is 238 g/mol. The number of rotatable bonds is 3. The summed E-state index contributed by atoms with van der Waals surface area (Å²) in [6.07, 6.45) is 2.18. The van der Waals surface area contributed by atoms with Crippen molar-refractivity contribution in [2.45, 2.75) is 40.5 Å². The highest BCUT2D eigenvalue weighted by Crippen LogP contribution is 2.28. The number of hydrogen-bond acceptors (Lipinski definition) is 3. The SMILES string of the molecule is CCC.CCc1ccc(OC(C)=O)c(OC)c1. The second-order valence-electron chi connectivity index (χ2n) is 3.64. The van der Waals surface area contributed by atoms with Crippen LogP contribution in [-0.2, 0) is 11.2 Å². The molecule has 0 aliphatic rings. The predicted molar refractivity (Wildman–Crippen MR) is 69.6 cm³/mol. The molecule has 0 aliphatic heterocycles. The fourth-order valence-electron chi connectivity index (χ4n) is 1.17. The first-order valence-corrected chi connectivity index (χ1v) is 5.94. The third-order valence-corrected chi connectivity index (χ3v) is 1.89. The van der Waals surface area contributed by atoms with Crippen molar-refractivity contribution >= 4 is 5.97 Å². The van der Waals surface area contributed by atoms with E-state index in [2.05, 4.69) is 20.8 Å². The summed E-state index contributed by atoms with van der Waals surface area (Å²) < 4.78 is 10.1. The summed E-state index contributed by atoms with van der Waals surface area (Å²) in [6, 6.07) is 5.54.